The molecule has 1 fully saturated rings. The number of fused-ring (bicyclic) bond motifs is 1. The number of imidazole rings is 1. The number of amides is 1. The second-order valence-electron chi connectivity index (χ2n) is 9.94. The summed E-state index contributed by atoms with van der Waals surface area (Å²) >= 11 is 0. The summed E-state index contributed by atoms with van der Waals surface area (Å²) in [4.78, 5) is 26.4. The van der Waals surface area contributed by atoms with Gasteiger partial charge in [-0.25, -0.2) is 23.7 Å². The molecule has 38 heavy (non-hydrogen) atoms. The van der Waals surface area contributed by atoms with E-state index in [-0.39, 0.29) is 41.3 Å². The summed E-state index contributed by atoms with van der Waals surface area (Å²) < 4.78 is 37.0. The van der Waals surface area contributed by atoms with Crippen LogP contribution in [0.15, 0.2) is 42.6 Å². The number of hydrogen-bond donors (Lipinski definition) is 2. The predicted molar refractivity (Wildman–Crippen MR) is 139 cm³/mol. The van der Waals surface area contributed by atoms with E-state index < -0.39 is 17.2 Å². The first-order valence-electron chi connectivity index (χ1n) is 12.3. The molecule has 0 bridgehead atoms. The smallest absolute Gasteiger partial charge is 0.253 e. The summed E-state index contributed by atoms with van der Waals surface area (Å²) in [5.74, 6) is -1.05. The van der Waals surface area contributed by atoms with Crippen LogP contribution >= 0.6 is 0 Å². The maximum atomic E-state index is 15.2. The number of benzene rings is 2. The number of halogens is 2. The lowest BCUT2D eigenvalue weighted by Crippen LogP contribution is -2.41. The van der Waals surface area contributed by atoms with Gasteiger partial charge in [-0.2, -0.15) is 0 Å². The Hall–Kier alpha value is -3.96. The fraction of sp³-hybridized carbons (Fsp3) is 0.333. The average Bonchev–Trinajstić information content (AvgIpc) is 3.27. The van der Waals surface area contributed by atoms with Crippen LogP contribution in [0, 0.1) is 11.6 Å². The molecule has 0 atom stereocenters. The lowest BCUT2D eigenvalue weighted by Gasteiger charge is -2.26. The van der Waals surface area contributed by atoms with Gasteiger partial charge < -0.3 is 24.6 Å². The third kappa shape index (κ3) is 4.82. The van der Waals surface area contributed by atoms with Gasteiger partial charge in [0.25, 0.3) is 5.91 Å². The van der Waals surface area contributed by atoms with Crippen LogP contribution in [0.2, 0.25) is 0 Å². The largest absolute Gasteiger partial charge is 0.383 e. The van der Waals surface area contributed by atoms with E-state index in [0.717, 1.165) is 11.9 Å². The first-order valence-corrected chi connectivity index (χ1v) is 12.3. The molecule has 1 aliphatic rings. The Balaban J connectivity index is 1.48. The Morgan fingerprint density at radius 2 is 1.84 bits per heavy atom. The quantitative estimate of drug-likeness (QED) is 0.379. The van der Waals surface area contributed by atoms with E-state index >= 15 is 4.39 Å². The summed E-state index contributed by atoms with van der Waals surface area (Å²) in [7, 11) is 0. The number of carbonyl (C=O) groups is 1. The molecule has 0 spiro atoms. The first kappa shape index (κ1) is 25.7. The van der Waals surface area contributed by atoms with Gasteiger partial charge in [0.05, 0.1) is 18.3 Å². The van der Waals surface area contributed by atoms with Crippen LogP contribution in [-0.4, -0.2) is 50.3 Å². The Morgan fingerprint density at radius 3 is 2.50 bits per heavy atom. The Kier molecular flexibility index (Phi) is 6.58. The molecule has 2 aromatic heterocycles. The number of ether oxygens (including phenoxy) is 1. The Morgan fingerprint density at radius 1 is 1.11 bits per heavy atom. The molecule has 11 heteroatoms. The summed E-state index contributed by atoms with van der Waals surface area (Å²) in [5.41, 5.74) is 0.696. The van der Waals surface area contributed by atoms with Crippen molar-refractivity contribution in [1.29, 1.82) is 0 Å². The minimum atomic E-state index is -1.31. The zero-order valence-electron chi connectivity index (χ0n) is 21.5. The van der Waals surface area contributed by atoms with Crippen molar-refractivity contribution in [2.75, 3.05) is 30.0 Å². The number of anilines is 3. The summed E-state index contributed by atoms with van der Waals surface area (Å²) in [6.45, 7) is 7.96. The van der Waals surface area contributed by atoms with Gasteiger partial charge in [-0.15, -0.1) is 0 Å². The van der Waals surface area contributed by atoms with Crippen molar-refractivity contribution in [2.24, 2.45) is 0 Å². The summed E-state index contributed by atoms with van der Waals surface area (Å²) in [5, 5.41) is 13.6. The molecule has 4 aromatic rings. The molecule has 1 aliphatic heterocycles. The van der Waals surface area contributed by atoms with Crippen molar-refractivity contribution in [2.45, 2.75) is 39.3 Å². The number of aromatic nitrogens is 4. The van der Waals surface area contributed by atoms with Crippen molar-refractivity contribution in [1.82, 2.24) is 19.5 Å². The number of hydrogen-bond acceptors (Lipinski definition) is 7. The second kappa shape index (κ2) is 9.73. The minimum Gasteiger partial charge on any atom is -0.383 e. The Bertz CT molecular complexity index is 1510. The van der Waals surface area contributed by atoms with Crippen LogP contribution in [0.3, 0.4) is 0 Å². The maximum Gasteiger partial charge on any atom is 0.253 e. The van der Waals surface area contributed by atoms with Crippen LogP contribution in [0.4, 0.5) is 26.1 Å². The number of carbonyl (C=O) groups excluding carboxylic acids is 1. The highest BCUT2D eigenvalue weighted by molar-refractivity contribution is 5.95. The normalized spacial score (nSPS) is 14.5. The van der Waals surface area contributed by atoms with E-state index in [4.69, 9.17) is 4.74 Å². The van der Waals surface area contributed by atoms with Crippen molar-refractivity contribution >= 4 is 34.3 Å². The van der Waals surface area contributed by atoms with Crippen molar-refractivity contribution in [3.63, 3.8) is 0 Å². The zero-order valence-corrected chi connectivity index (χ0v) is 21.5. The van der Waals surface area contributed by atoms with Crippen molar-refractivity contribution < 1.29 is 23.4 Å². The first-order chi connectivity index (χ1) is 18.0. The van der Waals surface area contributed by atoms with Crippen LogP contribution in [0.1, 0.15) is 39.6 Å². The molecule has 1 saturated heterocycles. The molecule has 2 N–H and O–H groups in total. The van der Waals surface area contributed by atoms with E-state index in [1.807, 2.05) is 13.8 Å². The molecular formula is C27H28F2N6O3. The molecule has 2 aromatic carbocycles. The number of rotatable bonds is 6. The third-order valence-electron chi connectivity index (χ3n) is 6.25. The second-order valence-corrected chi connectivity index (χ2v) is 9.94. The van der Waals surface area contributed by atoms with Crippen LogP contribution in [0.5, 0.6) is 0 Å². The molecule has 1 amide bonds. The molecular weight excluding hydrogens is 494 g/mol. The van der Waals surface area contributed by atoms with Gasteiger partial charge in [0, 0.05) is 29.5 Å². The fourth-order valence-corrected chi connectivity index (χ4v) is 4.52. The number of morpholine rings is 1. The molecule has 5 rings (SSSR count). The highest BCUT2D eigenvalue weighted by Gasteiger charge is 2.28. The van der Waals surface area contributed by atoms with E-state index in [0.29, 0.717) is 30.2 Å². The molecule has 0 radical (unpaired) electrons. The third-order valence-corrected chi connectivity index (χ3v) is 6.25. The zero-order chi connectivity index (χ0) is 27.2. The molecule has 0 unspecified atom stereocenters. The van der Waals surface area contributed by atoms with Gasteiger partial charge in [-0.1, -0.05) is 0 Å². The lowest BCUT2D eigenvalue weighted by molar-refractivity contribution is -0.125. The monoisotopic (exact) mass is 522 g/mol. The standard InChI is InChI=1S/C27H28F2N6O3/c1-15(2)35-21-12-16(11-19(28)24(21)32-25(35)27(3,4)37)23-20(29)13-30-26(33-23)31-17-5-7-18(8-6-17)34-9-10-38-14-22(34)36/h5-8,11-13,15,37H,9-10,14H2,1-4H3,(H,30,31,33). The average molecular weight is 523 g/mol. The molecule has 198 valence electrons. The molecule has 0 saturated carbocycles. The van der Waals surface area contributed by atoms with E-state index in [2.05, 4.69) is 20.3 Å². The topological polar surface area (TPSA) is 105 Å². The van der Waals surface area contributed by atoms with Crippen molar-refractivity contribution in [3.8, 4) is 11.3 Å². The number of nitrogens with one attached hydrogen (secondary N) is 1. The van der Waals surface area contributed by atoms with Gasteiger partial charge in [-0.3, -0.25) is 4.79 Å². The van der Waals surface area contributed by atoms with E-state index in [9.17, 15) is 14.3 Å². The highest BCUT2D eigenvalue weighted by Crippen LogP contribution is 2.33. The van der Waals surface area contributed by atoms with Gasteiger partial charge in [0.1, 0.15) is 29.2 Å². The van der Waals surface area contributed by atoms with Crippen LogP contribution in [0.25, 0.3) is 22.3 Å². The molecule has 0 aliphatic carbocycles. The van der Waals surface area contributed by atoms with Gasteiger partial charge in [-0.05, 0) is 64.1 Å². The van der Waals surface area contributed by atoms with Gasteiger partial charge >= 0.3 is 0 Å². The predicted octanol–water partition coefficient (Wildman–Crippen LogP) is 4.69. The number of nitrogens with zero attached hydrogens (tertiary/aromatic N) is 5. The fourth-order valence-electron chi connectivity index (χ4n) is 4.52. The summed E-state index contributed by atoms with van der Waals surface area (Å²) in [6, 6.07) is 9.74. The SMILES string of the molecule is CC(C)n1c(C(C)(C)O)nc2c(F)cc(-c3nc(Nc4ccc(N5CCOCC5=O)cc4)ncc3F)cc21. The van der Waals surface area contributed by atoms with E-state index in [1.54, 1.807) is 53.6 Å². The lowest BCUT2D eigenvalue weighted by atomic mass is 10.1. The minimum absolute atomic E-state index is 0.0512. The Labute approximate surface area is 218 Å². The summed E-state index contributed by atoms with van der Waals surface area (Å²) in [6.07, 6.45) is 1.02. The van der Waals surface area contributed by atoms with E-state index in [1.165, 1.54) is 6.07 Å². The highest BCUT2D eigenvalue weighted by atomic mass is 19.1. The molecule has 3 heterocycles. The number of aliphatic hydroxyl groups is 1. The van der Waals surface area contributed by atoms with Gasteiger partial charge in [0.15, 0.2) is 11.6 Å². The molecule has 9 nitrogen and oxygen atoms in total. The van der Waals surface area contributed by atoms with Crippen LogP contribution in [-0.2, 0) is 15.1 Å². The van der Waals surface area contributed by atoms with Gasteiger partial charge in [0.2, 0.25) is 5.95 Å². The van der Waals surface area contributed by atoms with Crippen molar-refractivity contribution in [3.05, 3.63) is 60.1 Å². The maximum absolute atomic E-state index is 15.2. The van der Waals surface area contributed by atoms with Crippen LogP contribution < -0.4 is 10.2 Å².